The Hall–Kier alpha value is -1.88. The van der Waals surface area contributed by atoms with E-state index in [1.54, 1.807) is 13.0 Å². The molecule has 0 bridgehead atoms. The van der Waals surface area contributed by atoms with Crippen LogP contribution < -0.4 is 5.32 Å². The number of nitrogens with one attached hydrogen (secondary N) is 1. The molecule has 2 heterocycles. The standard InChI is InChI=1S/C10H8ClN3O2/c1-6-2-7(3-9(11)13-6)10(15)14-8-4-12-16-5-8/h2-5H,1H3,(H,14,15). The van der Waals surface area contributed by atoms with Crippen LogP contribution in [-0.4, -0.2) is 16.0 Å². The predicted molar refractivity (Wildman–Crippen MR) is 58.4 cm³/mol. The summed E-state index contributed by atoms with van der Waals surface area (Å²) in [6.07, 6.45) is 2.75. The minimum absolute atomic E-state index is 0.282. The third kappa shape index (κ3) is 2.38. The number of aryl methyl sites for hydroxylation is 1. The lowest BCUT2D eigenvalue weighted by molar-refractivity contribution is 0.102. The van der Waals surface area contributed by atoms with Crippen LogP contribution in [0.3, 0.4) is 0 Å². The van der Waals surface area contributed by atoms with E-state index >= 15 is 0 Å². The van der Waals surface area contributed by atoms with E-state index in [2.05, 4.69) is 20.0 Å². The van der Waals surface area contributed by atoms with Crippen LogP contribution in [-0.2, 0) is 0 Å². The van der Waals surface area contributed by atoms with Gasteiger partial charge in [-0.1, -0.05) is 16.8 Å². The Balaban J connectivity index is 2.21. The summed E-state index contributed by atoms with van der Waals surface area (Å²) in [6, 6.07) is 3.14. The number of nitrogens with zero attached hydrogens (tertiary/aromatic N) is 2. The lowest BCUT2D eigenvalue weighted by Gasteiger charge is -2.03. The average Bonchev–Trinajstić information content (AvgIpc) is 2.68. The summed E-state index contributed by atoms with van der Waals surface area (Å²) >= 11 is 5.75. The van der Waals surface area contributed by atoms with Crippen molar-refractivity contribution in [1.82, 2.24) is 10.1 Å². The summed E-state index contributed by atoms with van der Waals surface area (Å²) in [5.41, 5.74) is 1.62. The molecule has 0 aliphatic rings. The van der Waals surface area contributed by atoms with Crippen molar-refractivity contribution in [3.8, 4) is 0 Å². The van der Waals surface area contributed by atoms with Gasteiger partial charge in [0.05, 0.1) is 6.20 Å². The number of amides is 1. The minimum Gasteiger partial charge on any atom is -0.363 e. The van der Waals surface area contributed by atoms with Crippen LogP contribution in [0, 0.1) is 6.92 Å². The van der Waals surface area contributed by atoms with E-state index < -0.39 is 0 Å². The molecule has 0 saturated carbocycles. The zero-order chi connectivity index (χ0) is 11.5. The molecule has 0 aromatic carbocycles. The van der Waals surface area contributed by atoms with E-state index in [4.69, 9.17) is 11.6 Å². The molecule has 0 radical (unpaired) electrons. The lowest BCUT2D eigenvalue weighted by atomic mass is 10.2. The molecule has 2 rings (SSSR count). The summed E-state index contributed by atoms with van der Waals surface area (Å²) in [4.78, 5) is 15.7. The first-order valence-electron chi connectivity index (χ1n) is 4.50. The molecule has 0 fully saturated rings. The molecule has 6 heteroatoms. The fourth-order valence-corrected chi connectivity index (χ4v) is 1.48. The van der Waals surface area contributed by atoms with Crippen LogP contribution in [0.25, 0.3) is 0 Å². The van der Waals surface area contributed by atoms with Gasteiger partial charge in [0.25, 0.3) is 5.91 Å². The highest BCUT2D eigenvalue weighted by molar-refractivity contribution is 6.29. The van der Waals surface area contributed by atoms with Crippen molar-refractivity contribution < 1.29 is 9.32 Å². The van der Waals surface area contributed by atoms with Gasteiger partial charge in [-0.05, 0) is 19.1 Å². The molecule has 16 heavy (non-hydrogen) atoms. The molecule has 5 nitrogen and oxygen atoms in total. The normalized spacial score (nSPS) is 10.1. The summed E-state index contributed by atoms with van der Waals surface area (Å²) in [6.45, 7) is 1.77. The fourth-order valence-electron chi connectivity index (χ4n) is 1.23. The van der Waals surface area contributed by atoms with Crippen LogP contribution >= 0.6 is 11.6 Å². The first kappa shape index (κ1) is 10.6. The molecular formula is C10H8ClN3O2. The highest BCUT2D eigenvalue weighted by Gasteiger charge is 2.09. The summed E-state index contributed by atoms with van der Waals surface area (Å²) in [5.74, 6) is -0.282. The molecule has 0 aliphatic carbocycles. The molecule has 0 spiro atoms. The van der Waals surface area contributed by atoms with Crippen molar-refractivity contribution in [3.63, 3.8) is 0 Å². The van der Waals surface area contributed by atoms with E-state index in [1.165, 1.54) is 18.5 Å². The van der Waals surface area contributed by atoms with Gasteiger partial charge < -0.3 is 9.84 Å². The Kier molecular flexibility index (Phi) is 2.87. The Morgan fingerprint density at radius 3 is 2.94 bits per heavy atom. The van der Waals surface area contributed by atoms with E-state index in [9.17, 15) is 4.79 Å². The molecule has 0 saturated heterocycles. The maximum Gasteiger partial charge on any atom is 0.255 e. The Morgan fingerprint density at radius 1 is 1.50 bits per heavy atom. The third-order valence-electron chi connectivity index (χ3n) is 1.87. The molecular weight excluding hydrogens is 230 g/mol. The van der Waals surface area contributed by atoms with Crippen LogP contribution in [0.5, 0.6) is 0 Å². The predicted octanol–water partition coefficient (Wildman–Crippen LogP) is 2.28. The molecule has 0 unspecified atom stereocenters. The number of aromatic nitrogens is 2. The van der Waals surface area contributed by atoms with E-state index in [1.807, 2.05) is 0 Å². The summed E-state index contributed by atoms with van der Waals surface area (Å²) in [7, 11) is 0. The van der Waals surface area contributed by atoms with Gasteiger partial charge in [-0.15, -0.1) is 0 Å². The van der Waals surface area contributed by atoms with Gasteiger partial charge >= 0.3 is 0 Å². The van der Waals surface area contributed by atoms with Crippen LogP contribution in [0.4, 0.5) is 5.69 Å². The Morgan fingerprint density at radius 2 is 2.31 bits per heavy atom. The highest BCUT2D eigenvalue weighted by Crippen LogP contribution is 2.12. The van der Waals surface area contributed by atoms with E-state index in [0.717, 1.165) is 0 Å². The summed E-state index contributed by atoms with van der Waals surface area (Å²) < 4.78 is 4.60. The minimum atomic E-state index is -0.282. The molecule has 82 valence electrons. The highest BCUT2D eigenvalue weighted by atomic mass is 35.5. The van der Waals surface area contributed by atoms with Crippen molar-refractivity contribution in [3.05, 3.63) is 41.0 Å². The summed E-state index contributed by atoms with van der Waals surface area (Å²) in [5, 5.41) is 6.37. The van der Waals surface area contributed by atoms with Gasteiger partial charge in [0.15, 0.2) is 0 Å². The largest absolute Gasteiger partial charge is 0.363 e. The SMILES string of the molecule is Cc1cc(C(=O)Nc2cnoc2)cc(Cl)n1. The van der Waals surface area contributed by atoms with Gasteiger partial charge in [-0.25, -0.2) is 4.98 Å². The zero-order valence-corrected chi connectivity index (χ0v) is 9.15. The third-order valence-corrected chi connectivity index (χ3v) is 2.07. The second-order valence-corrected chi connectivity index (χ2v) is 3.57. The van der Waals surface area contributed by atoms with Crippen molar-refractivity contribution in [1.29, 1.82) is 0 Å². The van der Waals surface area contributed by atoms with Crippen molar-refractivity contribution >= 4 is 23.2 Å². The lowest BCUT2D eigenvalue weighted by Crippen LogP contribution is -2.11. The van der Waals surface area contributed by atoms with Gasteiger partial charge in [0, 0.05) is 11.3 Å². The second-order valence-electron chi connectivity index (χ2n) is 3.19. The van der Waals surface area contributed by atoms with Gasteiger partial charge in [0.1, 0.15) is 17.1 Å². The first-order valence-corrected chi connectivity index (χ1v) is 4.88. The molecule has 2 aromatic rings. The van der Waals surface area contributed by atoms with Crippen LogP contribution in [0.2, 0.25) is 5.15 Å². The van der Waals surface area contributed by atoms with Crippen molar-refractivity contribution in [2.24, 2.45) is 0 Å². The average molecular weight is 238 g/mol. The number of carbonyl (C=O) groups excluding carboxylic acids is 1. The zero-order valence-electron chi connectivity index (χ0n) is 8.40. The van der Waals surface area contributed by atoms with Gasteiger partial charge in [0.2, 0.25) is 0 Å². The van der Waals surface area contributed by atoms with Crippen molar-refractivity contribution in [2.45, 2.75) is 6.92 Å². The maximum absolute atomic E-state index is 11.7. The second kappa shape index (κ2) is 4.32. The number of carbonyl (C=O) groups is 1. The molecule has 0 aliphatic heterocycles. The van der Waals surface area contributed by atoms with Gasteiger partial charge in [-0.3, -0.25) is 4.79 Å². The maximum atomic E-state index is 11.7. The Labute approximate surface area is 96.4 Å². The first-order chi connectivity index (χ1) is 7.65. The Bertz CT molecular complexity index is 491. The number of hydrogen-bond acceptors (Lipinski definition) is 4. The van der Waals surface area contributed by atoms with Crippen molar-refractivity contribution in [2.75, 3.05) is 5.32 Å². The van der Waals surface area contributed by atoms with Crippen LogP contribution in [0.15, 0.2) is 29.1 Å². The molecule has 1 N–H and O–H groups in total. The quantitative estimate of drug-likeness (QED) is 0.814. The number of rotatable bonds is 2. The fraction of sp³-hybridized carbons (Fsp3) is 0.100. The molecule has 1 amide bonds. The smallest absolute Gasteiger partial charge is 0.255 e. The number of anilines is 1. The molecule has 0 atom stereocenters. The number of pyridine rings is 1. The van der Waals surface area contributed by atoms with E-state index in [-0.39, 0.29) is 11.1 Å². The number of hydrogen-bond donors (Lipinski definition) is 1. The molecule has 2 aromatic heterocycles. The monoisotopic (exact) mass is 237 g/mol. The van der Waals surface area contributed by atoms with Crippen LogP contribution in [0.1, 0.15) is 16.1 Å². The van der Waals surface area contributed by atoms with Gasteiger partial charge in [-0.2, -0.15) is 0 Å². The topological polar surface area (TPSA) is 68.0 Å². The van der Waals surface area contributed by atoms with E-state index in [0.29, 0.717) is 16.9 Å². The number of halogens is 1.